The molecule has 322 valence electrons. The maximum absolute atomic E-state index is 13.4. The number of aromatic amines is 1. The van der Waals surface area contributed by atoms with Crippen molar-refractivity contribution in [3.63, 3.8) is 0 Å². The summed E-state index contributed by atoms with van der Waals surface area (Å²) in [6.45, 7) is -0.167. The summed E-state index contributed by atoms with van der Waals surface area (Å²) in [6, 6.07) is 51.0. The zero-order chi connectivity index (χ0) is 44.0. The summed E-state index contributed by atoms with van der Waals surface area (Å²) in [6.07, 6.45) is -3.70. The number of hydrogen-bond donors (Lipinski definition) is 2. The van der Waals surface area contributed by atoms with E-state index in [1.54, 1.807) is 28.4 Å². The highest BCUT2D eigenvalue weighted by Gasteiger charge is 2.52. The summed E-state index contributed by atoms with van der Waals surface area (Å²) >= 11 is 0. The molecule has 4 atom stereocenters. The van der Waals surface area contributed by atoms with E-state index in [-0.39, 0.29) is 6.61 Å². The molecule has 0 amide bonds. The first kappa shape index (κ1) is 42.7. The molecule has 1 saturated heterocycles. The predicted octanol–water partition coefficient (Wildman–Crippen LogP) is 7.22. The summed E-state index contributed by atoms with van der Waals surface area (Å²) < 4.78 is 45.0. The Balaban J connectivity index is 1.32. The van der Waals surface area contributed by atoms with Crippen molar-refractivity contribution < 1.29 is 38.3 Å². The molecule has 0 bridgehead atoms. The van der Waals surface area contributed by atoms with Crippen LogP contribution in [-0.4, -0.2) is 68.0 Å². The molecule has 1 aromatic heterocycles. The Kier molecular flexibility index (Phi) is 12.6. The molecule has 0 saturated carbocycles. The molecular formula is C51H48N2O10. The van der Waals surface area contributed by atoms with Crippen molar-refractivity contribution in [3.8, 4) is 23.0 Å². The van der Waals surface area contributed by atoms with Crippen LogP contribution in [0.15, 0.2) is 180 Å². The molecule has 2 heterocycles. The topological polar surface area (TPSA) is 140 Å². The summed E-state index contributed by atoms with van der Waals surface area (Å²) in [5, 5.41) is 12.6. The molecule has 1 aliphatic rings. The number of ether oxygens (including phenoxy) is 7. The van der Waals surface area contributed by atoms with Crippen LogP contribution in [0.1, 0.15) is 39.6 Å². The molecule has 0 unspecified atom stereocenters. The van der Waals surface area contributed by atoms with E-state index < -0.39 is 47.0 Å². The van der Waals surface area contributed by atoms with Gasteiger partial charge in [0.2, 0.25) is 0 Å². The van der Waals surface area contributed by atoms with Crippen LogP contribution >= 0.6 is 0 Å². The van der Waals surface area contributed by atoms with Gasteiger partial charge >= 0.3 is 5.69 Å². The first-order valence-corrected chi connectivity index (χ1v) is 20.4. The summed E-state index contributed by atoms with van der Waals surface area (Å²) in [7, 11) is 6.42. The lowest BCUT2D eigenvalue weighted by Crippen LogP contribution is -2.47. The second-order valence-corrected chi connectivity index (χ2v) is 15.0. The maximum atomic E-state index is 13.4. The summed E-state index contributed by atoms with van der Waals surface area (Å²) in [4.78, 5) is 28.0. The number of nitrogens with zero attached hydrogens (tertiary/aromatic N) is 1. The Morgan fingerprint density at radius 3 is 1.32 bits per heavy atom. The van der Waals surface area contributed by atoms with Crippen LogP contribution in [0.25, 0.3) is 0 Å². The minimum absolute atomic E-state index is 0.167. The van der Waals surface area contributed by atoms with Gasteiger partial charge < -0.3 is 38.3 Å². The third kappa shape index (κ3) is 8.25. The van der Waals surface area contributed by atoms with Gasteiger partial charge in [0.15, 0.2) is 6.23 Å². The van der Waals surface area contributed by atoms with E-state index in [0.29, 0.717) is 34.1 Å². The normalized spacial score (nSPS) is 17.5. The van der Waals surface area contributed by atoms with Crippen molar-refractivity contribution in [1.82, 2.24) is 9.55 Å². The van der Waals surface area contributed by atoms with E-state index in [9.17, 15) is 14.7 Å². The maximum Gasteiger partial charge on any atom is 0.330 e. The molecule has 2 N–H and O–H groups in total. The van der Waals surface area contributed by atoms with Crippen LogP contribution in [0.5, 0.6) is 23.0 Å². The van der Waals surface area contributed by atoms with Gasteiger partial charge in [0, 0.05) is 12.3 Å². The Morgan fingerprint density at radius 1 is 0.540 bits per heavy atom. The smallest absolute Gasteiger partial charge is 0.330 e. The summed E-state index contributed by atoms with van der Waals surface area (Å²) in [5.74, 6) is 2.60. The number of aliphatic hydroxyl groups excluding tert-OH is 1. The van der Waals surface area contributed by atoms with Gasteiger partial charge in [0.05, 0.1) is 35.0 Å². The molecule has 0 spiro atoms. The number of methoxy groups -OCH3 is 4. The average Bonchev–Trinajstić information content (AvgIpc) is 3.64. The molecule has 12 heteroatoms. The number of hydrogen-bond acceptors (Lipinski definition) is 10. The quantitative estimate of drug-likeness (QED) is 0.0960. The highest BCUT2D eigenvalue weighted by Crippen LogP contribution is 2.47. The molecule has 1 aliphatic heterocycles. The SMILES string of the molecule is COc1ccc(C(OC[C@H]2O[C@@H](n3ccc(=O)[nH]c3=O)[C@@H](O)[C@@H]2OC(c2ccccc2)(c2ccc(OC)cc2)c2ccc(OC)cc2)(c2ccccc2)c2ccc(OC)cc2)cc1. The van der Waals surface area contributed by atoms with Crippen molar-refractivity contribution in [3.05, 3.63) is 224 Å². The monoisotopic (exact) mass is 848 g/mol. The van der Waals surface area contributed by atoms with Gasteiger partial charge in [-0.15, -0.1) is 0 Å². The number of H-pyrrole nitrogens is 1. The van der Waals surface area contributed by atoms with Crippen LogP contribution in [0, 0.1) is 0 Å². The van der Waals surface area contributed by atoms with Crippen LogP contribution in [-0.2, 0) is 25.4 Å². The fraction of sp³-hybridized carbons (Fsp3) is 0.216. The highest BCUT2D eigenvalue weighted by atomic mass is 16.6. The lowest BCUT2D eigenvalue weighted by Gasteiger charge is -2.41. The molecular weight excluding hydrogens is 801 g/mol. The molecule has 0 aliphatic carbocycles. The molecule has 0 radical (unpaired) electrons. The van der Waals surface area contributed by atoms with E-state index in [1.165, 1.54) is 12.3 Å². The molecule has 12 nitrogen and oxygen atoms in total. The predicted molar refractivity (Wildman–Crippen MR) is 237 cm³/mol. The van der Waals surface area contributed by atoms with Gasteiger partial charge in [0.1, 0.15) is 52.5 Å². The van der Waals surface area contributed by atoms with E-state index in [1.807, 2.05) is 158 Å². The van der Waals surface area contributed by atoms with Gasteiger partial charge in [-0.3, -0.25) is 14.3 Å². The second-order valence-electron chi connectivity index (χ2n) is 15.0. The molecule has 7 aromatic rings. The largest absolute Gasteiger partial charge is 0.497 e. The molecule has 6 aromatic carbocycles. The van der Waals surface area contributed by atoms with Crippen LogP contribution in [0.3, 0.4) is 0 Å². The number of nitrogens with one attached hydrogen (secondary N) is 1. The Morgan fingerprint density at radius 2 is 0.921 bits per heavy atom. The first-order valence-electron chi connectivity index (χ1n) is 20.4. The Bertz CT molecular complexity index is 2590. The van der Waals surface area contributed by atoms with Gasteiger partial charge in [-0.1, -0.05) is 109 Å². The van der Waals surface area contributed by atoms with E-state index in [4.69, 9.17) is 33.2 Å². The standard InChI is InChI=1S/C51H48N2O10/c1-57-40-23-15-36(16-24-40)50(34-11-7-5-8-12-34,37-17-25-41(58-2)26-18-37)61-33-44-47(46(55)48(62-44)53-32-31-45(54)52-49(53)56)63-51(35-13-9-6-10-14-35,38-19-27-42(59-3)28-20-38)39-21-29-43(60-4)30-22-39/h5-32,44,46-48,55H,33H2,1-4H3,(H,52,54,56)/t44-,46+,47-,48-/m1/s1. The van der Waals surface area contributed by atoms with Crippen molar-refractivity contribution in [1.29, 1.82) is 0 Å². The first-order chi connectivity index (χ1) is 30.7. The third-order valence-corrected chi connectivity index (χ3v) is 11.6. The highest BCUT2D eigenvalue weighted by molar-refractivity contribution is 5.51. The minimum Gasteiger partial charge on any atom is -0.497 e. The van der Waals surface area contributed by atoms with E-state index >= 15 is 0 Å². The zero-order valence-corrected chi connectivity index (χ0v) is 35.3. The average molecular weight is 849 g/mol. The van der Waals surface area contributed by atoms with Crippen LogP contribution < -0.4 is 30.2 Å². The Hall–Kier alpha value is -6.96. The van der Waals surface area contributed by atoms with Crippen LogP contribution in [0.2, 0.25) is 0 Å². The summed E-state index contributed by atoms with van der Waals surface area (Å²) in [5.41, 5.74) is 0.503. The lowest BCUT2D eigenvalue weighted by atomic mass is 9.79. The van der Waals surface area contributed by atoms with Gasteiger partial charge in [-0.2, -0.15) is 0 Å². The van der Waals surface area contributed by atoms with Crippen LogP contribution in [0.4, 0.5) is 0 Å². The van der Waals surface area contributed by atoms with Crippen molar-refractivity contribution in [2.75, 3.05) is 35.0 Å². The number of aliphatic hydroxyl groups is 1. The van der Waals surface area contributed by atoms with E-state index in [0.717, 1.165) is 26.8 Å². The van der Waals surface area contributed by atoms with Gasteiger partial charge in [0.25, 0.3) is 5.56 Å². The van der Waals surface area contributed by atoms with E-state index in [2.05, 4.69) is 4.98 Å². The third-order valence-electron chi connectivity index (χ3n) is 11.6. The Labute approximate surface area is 364 Å². The van der Waals surface area contributed by atoms with Gasteiger partial charge in [-0.25, -0.2) is 4.79 Å². The van der Waals surface area contributed by atoms with Gasteiger partial charge in [-0.05, 0) is 81.9 Å². The van der Waals surface area contributed by atoms with Crippen molar-refractivity contribution in [2.24, 2.45) is 0 Å². The second kappa shape index (κ2) is 18.6. The number of aromatic nitrogens is 2. The van der Waals surface area contributed by atoms with Crippen molar-refractivity contribution in [2.45, 2.75) is 35.7 Å². The fourth-order valence-corrected chi connectivity index (χ4v) is 8.37. The molecule has 8 rings (SSSR count). The lowest BCUT2D eigenvalue weighted by molar-refractivity contribution is -0.131. The van der Waals surface area contributed by atoms with Crippen molar-refractivity contribution >= 4 is 0 Å². The number of benzene rings is 6. The number of rotatable bonds is 16. The minimum atomic E-state index is -1.48. The molecule has 1 fully saturated rings. The molecule has 63 heavy (non-hydrogen) atoms. The fourth-order valence-electron chi connectivity index (χ4n) is 8.37. The zero-order valence-electron chi connectivity index (χ0n) is 35.3.